The number of rotatable bonds is 7. The van der Waals surface area contributed by atoms with E-state index in [0.717, 1.165) is 32.6 Å². The molecule has 1 aliphatic rings. The van der Waals surface area contributed by atoms with E-state index in [1.807, 2.05) is 55.5 Å². The van der Waals surface area contributed by atoms with Gasteiger partial charge in [0, 0.05) is 11.4 Å². The molecule has 0 radical (unpaired) electrons. The normalized spacial score (nSPS) is 12.0. The summed E-state index contributed by atoms with van der Waals surface area (Å²) < 4.78 is 16.4. The number of para-hydroxylation sites is 1. The van der Waals surface area contributed by atoms with Gasteiger partial charge < -0.3 is 19.5 Å². The number of carbonyl (C=O) groups is 1. The van der Waals surface area contributed by atoms with E-state index < -0.39 is 0 Å². The first-order valence-corrected chi connectivity index (χ1v) is 9.77. The number of benzene rings is 2. The van der Waals surface area contributed by atoms with E-state index in [9.17, 15) is 4.79 Å². The van der Waals surface area contributed by atoms with Gasteiger partial charge in [0.25, 0.3) is 0 Å². The number of hydrogen-bond donors (Lipinski definition) is 1. The first-order chi connectivity index (χ1) is 13.7. The van der Waals surface area contributed by atoms with Crippen LogP contribution in [-0.2, 0) is 24.4 Å². The highest BCUT2D eigenvalue weighted by Gasteiger charge is 2.15. The third kappa shape index (κ3) is 4.43. The van der Waals surface area contributed by atoms with Gasteiger partial charge in [0.2, 0.25) is 12.7 Å². The molecule has 4 rings (SSSR count). The molecule has 2 aromatic carbocycles. The van der Waals surface area contributed by atoms with Crippen LogP contribution >= 0.6 is 11.3 Å². The number of thiazole rings is 1. The maximum atomic E-state index is 12.3. The third-order valence-corrected chi connectivity index (χ3v) is 5.42. The lowest BCUT2D eigenvalue weighted by molar-refractivity contribution is -0.120. The number of hydrogen-bond acceptors (Lipinski definition) is 6. The minimum Gasteiger partial charge on any atom is -0.486 e. The minimum atomic E-state index is -0.0417. The molecule has 0 unspecified atom stereocenters. The molecule has 6 nitrogen and oxygen atoms in total. The summed E-state index contributed by atoms with van der Waals surface area (Å²) in [5, 5.41) is 3.81. The molecule has 0 saturated heterocycles. The molecule has 2 heterocycles. The lowest BCUT2D eigenvalue weighted by Crippen LogP contribution is -2.24. The highest BCUT2D eigenvalue weighted by Crippen LogP contribution is 2.32. The predicted octanol–water partition coefficient (Wildman–Crippen LogP) is 3.62. The van der Waals surface area contributed by atoms with Crippen molar-refractivity contribution >= 4 is 17.2 Å². The zero-order valence-electron chi connectivity index (χ0n) is 15.4. The Kier molecular flexibility index (Phi) is 5.43. The first kappa shape index (κ1) is 18.3. The molecule has 1 aromatic heterocycles. The van der Waals surface area contributed by atoms with Crippen LogP contribution in [0.1, 0.15) is 21.1 Å². The molecule has 7 heteroatoms. The van der Waals surface area contributed by atoms with Gasteiger partial charge in [-0.2, -0.15) is 0 Å². The smallest absolute Gasteiger partial charge is 0.231 e. The molecule has 144 valence electrons. The van der Waals surface area contributed by atoms with Crippen molar-refractivity contribution in [2.75, 3.05) is 6.79 Å². The fraction of sp³-hybridized carbons (Fsp3) is 0.238. The number of carbonyl (C=O) groups excluding carboxylic acids is 1. The van der Waals surface area contributed by atoms with E-state index >= 15 is 0 Å². The van der Waals surface area contributed by atoms with Gasteiger partial charge in [-0.1, -0.05) is 24.3 Å². The van der Waals surface area contributed by atoms with Crippen LogP contribution in [0.25, 0.3) is 0 Å². The number of nitrogens with zero attached hydrogens (tertiary/aromatic N) is 1. The highest BCUT2D eigenvalue weighted by atomic mass is 32.1. The quantitative estimate of drug-likeness (QED) is 0.661. The summed E-state index contributed by atoms with van der Waals surface area (Å²) in [6.45, 7) is 3.00. The van der Waals surface area contributed by atoms with Gasteiger partial charge in [-0.3, -0.25) is 4.79 Å². The number of aryl methyl sites for hydroxylation is 1. The van der Waals surface area contributed by atoms with Crippen molar-refractivity contribution in [1.29, 1.82) is 0 Å². The van der Waals surface area contributed by atoms with E-state index in [0.29, 0.717) is 25.3 Å². The molecule has 0 spiro atoms. The average Bonchev–Trinajstić information content (AvgIpc) is 3.31. The number of ether oxygens (including phenoxy) is 3. The maximum Gasteiger partial charge on any atom is 0.231 e. The van der Waals surface area contributed by atoms with Gasteiger partial charge >= 0.3 is 0 Å². The number of nitrogens with one attached hydrogen (secondary N) is 1. The Bertz CT molecular complexity index is 972. The van der Waals surface area contributed by atoms with E-state index in [-0.39, 0.29) is 12.7 Å². The van der Waals surface area contributed by atoms with E-state index in [4.69, 9.17) is 14.2 Å². The molecular formula is C21H20N2O4S. The van der Waals surface area contributed by atoms with Crippen molar-refractivity contribution in [3.05, 3.63) is 69.7 Å². The lowest BCUT2D eigenvalue weighted by atomic mass is 10.2. The highest BCUT2D eigenvalue weighted by molar-refractivity contribution is 7.11. The summed E-state index contributed by atoms with van der Waals surface area (Å²) in [4.78, 5) is 17.8. The average molecular weight is 396 g/mol. The molecule has 0 bridgehead atoms. The molecule has 1 aliphatic heterocycles. The molecule has 0 aliphatic carbocycles. The molecule has 0 atom stereocenters. The van der Waals surface area contributed by atoms with Crippen molar-refractivity contribution in [1.82, 2.24) is 10.3 Å². The van der Waals surface area contributed by atoms with E-state index in [1.165, 1.54) is 11.3 Å². The molecule has 0 fully saturated rings. The van der Waals surface area contributed by atoms with Crippen molar-refractivity contribution in [3.63, 3.8) is 0 Å². The molecular weight excluding hydrogens is 376 g/mol. The van der Waals surface area contributed by atoms with Crippen molar-refractivity contribution in [3.8, 4) is 17.2 Å². The Labute approximate surface area is 167 Å². The van der Waals surface area contributed by atoms with Crippen molar-refractivity contribution in [2.45, 2.75) is 26.5 Å². The Morgan fingerprint density at radius 2 is 2.00 bits per heavy atom. The summed E-state index contributed by atoms with van der Waals surface area (Å²) in [6.07, 6.45) is 0.305. The summed E-state index contributed by atoms with van der Waals surface area (Å²) in [7, 11) is 0. The monoisotopic (exact) mass is 396 g/mol. The van der Waals surface area contributed by atoms with Gasteiger partial charge in [0.15, 0.2) is 11.5 Å². The van der Waals surface area contributed by atoms with Crippen molar-refractivity contribution < 1.29 is 19.0 Å². The lowest BCUT2D eigenvalue weighted by Gasteiger charge is -2.06. The maximum absolute atomic E-state index is 12.3. The van der Waals surface area contributed by atoms with Crippen LogP contribution in [-0.4, -0.2) is 17.7 Å². The Hall–Kier alpha value is -3.06. The fourth-order valence-electron chi connectivity index (χ4n) is 2.84. The van der Waals surface area contributed by atoms with Gasteiger partial charge in [-0.05, 0) is 36.8 Å². The fourth-order valence-corrected chi connectivity index (χ4v) is 3.82. The van der Waals surface area contributed by atoms with Gasteiger partial charge in [-0.25, -0.2) is 4.98 Å². The summed E-state index contributed by atoms with van der Waals surface area (Å²) in [6, 6.07) is 15.3. The topological polar surface area (TPSA) is 69.7 Å². The van der Waals surface area contributed by atoms with Crippen molar-refractivity contribution in [2.24, 2.45) is 0 Å². The van der Waals surface area contributed by atoms with Crippen LogP contribution in [0.15, 0.2) is 48.5 Å². The molecule has 0 saturated carbocycles. The Morgan fingerprint density at radius 1 is 1.18 bits per heavy atom. The summed E-state index contributed by atoms with van der Waals surface area (Å²) >= 11 is 1.51. The second kappa shape index (κ2) is 8.31. The molecule has 28 heavy (non-hydrogen) atoms. The molecule has 3 aromatic rings. The SMILES string of the molecule is Cc1nc(COc2ccccc2)sc1CC(=O)NCc1ccc2c(c1)OCO2. The number of aromatic nitrogens is 1. The van der Waals surface area contributed by atoms with Gasteiger partial charge in [-0.15, -0.1) is 11.3 Å². The zero-order valence-corrected chi connectivity index (χ0v) is 16.3. The van der Waals surface area contributed by atoms with Gasteiger partial charge in [0.05, 0.1) is 12.1 Å². The van der Waals surface area contributed by atoms with Crippen LogP contribution in [0.2, 0.25) is 0 Å². The van der Waals surface area contributed by atoms with Gasteiger partial charge in [0.1, 0.15) is 17.4 Å². The number of amides is 1. The predicted molar refractivity (Wildman–Crippen MR) is 106 cm³/mol. The van der Waals surface area contributed by atoms with E-state index in [1.54, 1.807) is 0 Å². The van der Waals surface area contributed by atoms with Crippen LogP contribution in [0.5, 0.6) is 17.2 Å². The second-order valence-corrected chi connectivity index (χ2v) is 7.53. The molecule has 1 amide bonds. The minimum absolute atomic E-state index is 0.0417. The largest absolute Gasteiger partial charge is 0.486 e. The third-order valence-electron chi connectivity index (χ3n) is 4.29. The van der Waals surface area contributed by atoms with Crippen LogP contribution in [0.3, 0.4) is 0 Å². The Balaban J connectivity index is 1.30. The summed E-state index contributed by atoms with van der Waals surface area (Å²) in [5.41, 5.74) is 1.84. The second-order valence-electron chi connectivity index (χ2n) is 6.36. The van der Waals surface area contributed by atoms with Crippen LogP contribution in [0, 0.1) is 6.92 Å². The zero-order chi connectivity index (χ0) is 19.3. The Morgan fingerprint density at radius 3 is 2.86 bits per heavy atom. The standard InChI is InChI=1S/C21H20N2O4S/c1-14-19(28-21(23-14)12-25-16-5-3-2-4-6-16)10-20(24)22-11-15-7-8-17-18(9-15)27-13-26-17/h2-9H,10-13H2,1H3,(H,22,24). The summed E-state index contributed by atoms with van der Waals surface area (Å²) in [5.74, 6) is 2.21. The van der Waals surface area contributed by atoms with Crippen LogP contribution < -0.4 is 19.5 Å². The van der Waals surface area contributed by atoms with E-state index in [2.05, 4.69) is 10.3 Å². The number of fused-ring (bicyclic) bond motifs is 1. The first-order valence-electron chi connectivity index (χ1n) is 8.95. The molecule has 1 N–H and O–H groups in total. The van der Waals surface area contributed by atoms with Crippen LogP contribution in [0.4, 0.5) is 0 Å².